The van der Waals surface area contributed by atoms with Gasteiger partial charge in [0.15, 0.2) is 16.6 Å². The molecular weight excluding hydrogens is 581 g/mol. The lowest BCUT2D eigenvalue weighted by Gasteiger charge is -2.66. The van der Waals surface area contributed by atoms with Crippen molar-refractivity contribution in [1.82, 2.24) is 0 Å². The predicted octanol–water partition coefficient (Wildman–Crippen LogP) is 9.60. The molecule has 5 nitrogen and oxygen atoms in total. The average Bonchev–Trinajstić information content (AvgIpc) is 3.40. The Hall–Kier alpha value is -0.216. The van der Waals surface area contributed by atoms with E-state index in [1.54, 1.807) is 0 Å². The molecule has 0 saturated heterocycles. The standard InChI is InChI=1S/C37H70O5Si2/c1-11-43(12-2,13-3)41-32-24-27-23-28(38)21-22-36(27,8)31-25-33(42-44(14-4,15-5)16-6)37(9)29(18-19-30(37)35(31)32)26(7)17-20-34(39)40-10/h26-33,35,38H,11-25H2,1-10H3/t26-,27+,28-,29-,30+,31+,32-,33+,35+,36+,37-/m1/s1. The maximum absolute atomic E-state index is 12.2. The SMILES string of the molecule is CC[Si](CC)(CC)O[C@H]1C[C@H]2[C@@H]([C@H](O[Si](CC)(CC)CC)C[C@@H]3C[C@H](O)CC[C@@]32C)[C@@H]2CC[C@H]([C@H](C)CCC(=O)OC)[C@@]12C. The molecule has 0 amide bonds. The first-order chi connectivity index (χ1) is 20.9. The van der Waals surface area contributed by atoms with Crippen LogP contribution in [0.4, 0.5) is 0 Å². The van der Waals surface area contributed by atoms with E-state index in [-0.39, 0.29) is 29.0 Å². The Morgan fingerprint density at radius 3 is 2.00 bits per heavy atom. The van der Waals surface area contributed by atoms with E-state index in [4.69, 9.17) is 13.6 Å². The van der Waals surface area contributed by atoms with Crippen molar-refractivity contribution in [3.05, 3.63) is 0 Å². The topological polar surface area (TPSA) is 65.0 Å². The summed E-state index contributed by atoms with van der Waals surface area (Å²) in [6.45, 7) is 21.9. The molecule has 0 aliphatic heterocycles. The van der Waals surface area contributed by atoms with Gasteiger partial charge in [0.25, 0.3) is 0 Å². The number of carbonyl (C=O) groups is 1. The largest absolute Gasteiger partial charge is 0.469 e. The van der Waals surface area contributed by atoms with E-state index in [9.17, 15) is 9.90 Å². The molecule has 4 saturated carbocycles. The predicted molar refractivity (Wildman–Crippen MR) is 187 cm³/mol. The van der Waals surface area contributed by atoms with E-state index in [2.05, 4.69) is 62.3 Å². The summed E-state index contributed by atoms with van der Waals surface area (Å²) in [4.78, 5) is 12.2. The van der Waals surface area contributed by atoms with Gasteiger partial charge in [0.05, 0.1) is 19.3 Å². The summed E-state index contributed by atoms with van der Waals surface area (Å²) in [5.41, 5.74) is 0.327. The third-order valence-corrected chi connectivity index (χ3v) is 24.5. The van der Waals surface area contributed by atoms with Crippen molar-refractivity contribution in [2.45, 2.75) is 175 Å². The van der Waals surface area contributed by atoms with E-state index < -0.39 is 16.6 Å². The van der Waals surface area contributed by atoms with Gasteiger partial charge in [-0.3, -0.25) is 4.79 Å². The quantitative estimate of drug-likeness (QED) is 0.150. The summed E-state index contributed by atoms with van der Waals surface area (Å²) in [6, 6.07) is 7.13. The Bertz CT molecular complexity index is 936. The lowest BCUT2D eigenvalue weighted by atomic mass is 9.43. The van der Waals surface area contributed by atoms with E-state index in [0.29, 0.717) is 48.0 Å². The van der Waals surface area contributed by atoms with Crippen molar-refractivity contribution >= 4 is 22.6 Å². The third kappa shape index (κ3) is 6.45. The molecule has 0 radical (unpaired) electrons. The van der Waals surface area contributed by atoms with E-state index in [0.717, 1.165) is 38.5 Å². The number of methoxy groups -OCH3 is 1. The zero-order valence-electron chi connectivity index (χ0n) is 30.4. The van der Waals surface area contributed by atoms with Gasteiger partial charge in [-0.25, -0.2) is 0 Å². The molecule has 0 aromatic heterocycles. The molecule has 1 N–H and O–H groups in total. The van der Waals surface area contributed by atoms with Crippen LogP contribution >= 0.6 is 0 Å². The van der Waals surface area contributed by atoms with Gasteiger partial charge in [-0.2, -0.15) is 0 Å². The molecule has 0 heterocycles. The summed E-state index contributed by atoms with van der Waals surface area (Å²) in [5.74, 6) is 3.18. The molecule has 44 heavy (non-hydrogen) atoms. The Morgan fingerprint density at radius 1 is 0.841 bits per heavy atom. The number of fused-ring (bicyclic) bond motifs is 5. The lowest BCUT2D eigenvalue weighted by molar-refractivity contribution is -0.200. The fourth-order valence-corrected chi connectivity index (χ4v) is 17.5. The van der Waals surface area contributed by atoms with Gasteiger partial charge in [-0.15, -0.1) is 0 Å². The first kappa shape index (κ1) is 36.6. The van der Waals surface area contributed by atoms with Crippen LogP contribution in [0.1, 0.15) is 120 Å². The summed E-state index contributed by atoms with van der Waals surface area (Å²) >= 11 is 0. The van der Waals surface area contributed by atoms with Crippen molar-refractivity contribution in [2.75, 3.05) is 7.11 Å². The zero-order chi connectivity index (χ0) is 32.5. The molecule has 4 fully saturated rings. The van der Waals surface area contributed by atoms with Crippen LogP contribution in [-0.4, -0.2) is 53.1 Å². The fourth-order valence-electron chi connectivity index (χ4n) is 11.6. The van der Waals surface area contributed by atoms with Gasteiger partial charge >= 0.3 is 5.97 Å². The molecule has 0 unspecified atom stereocenters. The monoisotopic (exact) mass is 650 g/mol. The molecule has 4 rings (SSSR count). The van der Waals surface area contributed by atoms with Crippen molar-refractivity contribution in [1.29, 1.82) is 0 Å². The number of rotatable bonds is 14. The van der Waals surface area contributed by atoms with Crippen LogP contribution in [0.15, 0.2) is 0 Å². The smallest absolute Gasteiger partial charge is 0.305 e. The summed E-state index contributed by atoms with van der Waals surface area (Å²) in [6.07, 6.45) is 9.59. The minimum atomic E-state index is -1.86. The second-order valence-electron chi connectivity index (χ2n) is 16.3. The minimum absolute atomic E-state index is 0.0818. The normalized spacial score (nSPS) is 39.7. The van der Waals surface area contributed by atoms with Crippen LogP contribution in [0, 0.1) is 46.3 Å². The number of esters is 1. The first-order valence-corrected chi connectivity index (χ1v) is 24.0. The van der Waals surface area contributed by atoms with Gasteiger partial charge < -0.3 is 18.7 Å². The maximum atomic E-state index is 12.2. The minimum Gasteiger partial charge on any atom is -0.469 e. The molecule has 256 valence electrons. The van der Waals surface area contributed by atoms with Crippen molar-refractivity contribution in [3.63, 3.8) is 0 Å². The van der Waals surface area contributed by atoms with Crippen LogP contribution in [-0.2, 0) is 18.4 Å². The highest BCUT2D eigenvalue weighted by Crippen LogP contribution is 2.70. The lowest BCUT2D eigenvalue weighted by Crippen LogP contribution is -2.65. The van der Waals surface area contributed by atoms with Crippen LogP contribution in [0.5, 0.6) is 0 Å². The average molecular weight is 651 g/mol. The third-order valence-electron chi connectivity index (χ3n) is 15.2. The Morgan fingerprint density at radius 2 is 1.43 bits per heavy atom. The number of hydrogen-bond donors (Lipinski definition) is 1. The molecule has 4 aliphatic carbocycles. The van der Waals surface area contributed by atoms with E-state index in [1.807, 2.05) is 0 Å². The molecule has 7 heteroatoms. The highest BCUT2D eigenvalue weighted by atomic mass is 28.4. The first-order valence-electron chi connectivity index (χ1n) is 19.0. The number of hydrogen-bond acceptors (Lipinski definition) is 5. The number of aliphatic hydroxyl groups excluding tert-OH is 1. The van der Waals surface area contributed by atoms with Crippen molar-refractivity contribution in [2.24, 2.45) is 46.3 Å². The Balaban J connectivity index is 1.81. The Labute approximate surface area is 273 Å². The van der Waals surface area contributed by atoms with E-state index >= 15 is 0 Å². The molecule has 0 spiro atoms. The highest BCUT2D eigenvalue weighted by molar-refractivity contribution is 6.74. The maximum Gasteiger partial charge on any atom is 0.305 e. The van der Waals surface area contributed by atoms with Crippen LogP contribution in [0.2, 0.25) is 36.3 Å². The van der Waals surface area contributed by atoms with E-state index in [1.165, 1.54) is 56.2 Å². The highest BCUT2D eigenvalue weighted by Gasteiger charge is 2.67. The van der Waals surface area contributed by atoms with Crippen LogP contribution in [0.25, 0.3) is 0 Å². The molecule has 11 atom stereocenters. The van der Waals surface area contributed by atoms with Crippen LogP contribution in [0.3, 0.4) is 0 Å². The van der Waals surface area contributed by atoms with Gasteiger partial charge in [0.2, 0.25) is 0 Å². The summed E-state index contributed by atoms with van der Waals surface area (Å²) < 4.78 is 20.4. The van der Waals surface area contributed by atoms with Gasteiger partial charge in [-0.05, 0) is 134 Å². The summed E-state index contributed by atoms with van der Waals surface area (Å²) in [5, 5.41) is 10.9. The second-order valence-corrected chi connectivity index (χ2v) is 25.7. The van der Waals surface area contributed by atoms with Crippen molar-refractivity contribution in [3.8, 4) is 0 Å². The van der Waals surface area contributed by atoms with Gasteiger partial charge in [0, 0.05) is 12.5 Å². The number of aliphatic hydroxyl groups is 1. The van der Waals surface area contributed by atoms with Gasteiger partial charge in [0.1, 0.15) is 0 Å². The molecule has 0 aromatic rings. The molecule has 0 bridgehead atoms. The Kier molecular flexibility index (Phi) is 12.1. The number of ether oxygens (including phenoxy) is 1. The number of carbonyl (C=O) groups excluding carboxylic acids is 1. The van der Waals surface area contributed by atoms with Gasteiger partial charge in [-0.1, -0.05) is 62.3 Å². The van der Waals surface area contributed by atoms with Crippen LogP contribution < -0.4 is 0 Å². The van der Waals surface area contributed by atoms with Crippen molar-refractivity contribution < 1.29 is 23.5 Å². The fraction of sp³-hybridized carbons (Fsp3) is 0.973. The molecule has 0 aromatic carbocycles. The summed E-state index contributed by atoms with van der Waals surface area (Å²) in [7, 11) is -2.17. The zero-order valence-corrected chi connectivity index (χ0v) is 32.4. The molecular formula is C37H70O5Si2. The second kappa shape index (κ2) is 14.5. The molecule has 4 aliphatic rings.